The second kappa shape index (κ2) is 7.82. The Morgan fingerprint density at radius 2 is 1.77 bits per heavy atom. The molecule has 0 unspecified atom stereocenters. The Hall–Kier alpha value is -2.04. The predicted octanol–water partition coefficient (Wildman–Crippen LogP) is 2.46. The van der Waals surface area contributed by atoms with Crippen molar-refractivity contribution in [3.05, 3.63) is 29.8 Å². The summed E-state index contributed by atoms with van der Waals surface area (Å²) in [6.45, 7) is 8.44. The highest BCUT2D eigenvalue weighted by atomic mass is 16.5. The summed E-state index contributed by atoms with van der Waals surface area (Å²) in [6, 6.07) is 6.97. The molecule has 5 nitrogen and oxygen atoms in total. The van der Waals surface area contributed by atoms with Crippen molar-refractivity contribution in [2.45, 2.75) is 39.7 Å². The summed E-state index contributed by atoms with van der Waals surface area (Å²) < 4.78 is 5.48. The monoisotopic (exact) mass is 306 g/mol. The quantitative estimate of drug-likeness (QED) is 0.878. The third kappa shape index (κ3) is 6.16. The molecule has 0 saturated heterocycles. The van der Waals surface area contributed by atoms with Crippen molar-refractivity contribution < 1.29 is 14.3 Å². The first-order valence-corrected chi connectivity index (χ1v) is 7.52. The van der Waals surface area contributed by atoms with E-state index in [1.807, 2.05) is 27.7 Å². The Bertz CT molecular complexity index is 504. The zero-order valence-electron chi connectivity index (χ0n) is 14.1. The highest BCUT2D eigenvalue weighted by Gasteiger charge is 2.18. The second-order valence-corrected chi connectivity index (χ2v) is 6.33. The molecule has 0 aliphatic heterocycles. The van der Waals surface area contributed by atoms with Crippen LogP contribution >= 0.6 is 0 Å². The molecule has 0 spiro atoms. The van der Waals surface area contributed by atoms with Crippen LogP contribution in [0.3, 0.4) is 0 Å². The largest absolute Gasteiger partial charge is 0.494 e. The van der Waals surface area contributed by atoms with Gasteiger partial charge < -0.3 is 15.0 Å². The Labute approximate surface area is 132 Å². The van der Waals surface area contributed by atoms with Gasteiger partial charge in [0, 0.05) is 18.2 Å². The summed E-state index contributed by atoms with van der Waals surface area (Å²) in [5.41, 5.74) is 0.231. The van der Waals surface area contributed by atoms with E-state index in [2.05, 4.69) is 5.32 Å². The molecule has 0 aromatic heterocycles. The summed E-state index contributed by atoms with van der Waals surface area (Å²) >= 11 is 0. The van der Waals surface area contributed by atoms with Gasteiger partial charge in [0.25, 0.3) is 5.91 Å². The van der Waals surface area contributed by atoms with Crippen molar-refractivity contribution in [3.8, 4) is 5.75 Å². The van der Waals surface area contributed by atoms with Gasteiger partial charge in [-0.15, -0.1) is 0 Å². The topological polar surface area (TPSA) is 58.6 Å². The van der Waals surface area contributed by atoms with Gasteiger partial charge in [0.05, 0.1) is 13.2 Å². The van der Waals surface area contributed by atoms with Gasteiger partial charge in [-0.3, -0.25) is 9.59 Å². The summed E-state index contributed by atoms with van der Waals surface area (Å²) in [5, 5.41) is 2.84. The third-order valence-electron chi connectivity index (χ3n) is 2.82. The zero-order valence-corrected chi connectivity index (χ0v) is 14.1. The molecule has 0 atom stereocenters. The maximum atomic E-state index is 12.3. The molecule has 2 amide bonds. The number of benzene rings is 1. The fraction of sp³-hybridized carbons (Fsp3) is 0.529. The highest BCUT2D eigenvalue weighted by molar-refractivity contribution is 5.96. The number of hydrogen-bond acceptors (Lipinski definition) is 3. The molecular formula is C17H26N2O3. The summed E-state index contributed by atoms with van der Waals surface area (Å²) in [7, 11) is 1.62. The van der Waals surface area contributed by atoms with E-state index in [0.29, 0.717) is 12.2 Å². The molecule has 0 aliphatic carbocycles. The molecule has 1 rings (SSSR count). The first-order chi connectivity index (χ1) is 10.2. The molecule has 1 aromatic carbocycles. The van der Waals surface area contributed by atoms with Crippen LogP contribution in [0.2, 0.25) is 0 Å². The average molecular weight is 306 g/mol. The van der Waals surface area contributed by atoms with E-state index in [-0.39, 0.29) is 23.9 Å². The van der Waals surface area contributed by atoms with E-state index in [4.69, 9.17) is 4.74 Å². The minimum atomic E-state index is -0.306. The van der Waals surface area contributed by atoms with Crippen molar-refractivity contribution >= 4 is 11.8 Å². The number of ether oxygens (including phenoxy) is 1. The highest BCUT2D eigenvalue weighted by Crippen LogP contribution is 2.13. The number of likely N-dealkylation sites (N-methyl/N-ethyl adjacent to an activating group) is 1. The van der Waals surface area contributed by atoms with Crippen LogP contribution in [0.15, 0.2) is 24.3 Å². The molecule has 0 bridgehead atoms. The Balaban J connectivity index is 2.61. The maximum Gasteiger partial charge on any atom is 0.254 e. The van der Waals surface area contributed by atoms with Gasteiger partial charge in [0.1, 0.15) is 5.75 Å². The van der Waals surface area contributed by atoms with E-state index in [9.17, 15) is 9.59 Å². The number of hydrogen-bond donors (Lipinski definition) is 1. The normalized spacial score (nSPS) is 11.0. The van der Waals surface area contributed by atoms with Gasteiger partial charge >= 0.3 is 0 Å². The fourth-order valence-electron chi connectivity index (χ4n) is 1.88. The number of carbonyl (C=O) groups is 2. The van der Waals surface area contributed by atoms with Crippen LogP contribution in [0.1, 0.15) is 44.5 Å². The third-order valence-corrected chi connectivity index (χ3v) is 2.82. The minimum Gasteiger partial charge on any atom is -0.494 e. The van der Waals surface area contributed by atoms with Crippen molar-refractivity contribution in [2.24, 2.45) is 0 Å². The molecule has 1 N–H and O–H groups in total. The number of nitrogens with one attached hydrogen (secondary N) is 1. The van der Waals surface area contributed by atoms with E-state index in [1.165, 1.54) is 4.90 Å². The second-order valence-electron chi connectivity index (χ2n) is 6.33. The number of rotatable bonds is 6. The van der Waals surface area contributed by atoms with Crippen molar-refractivity contribution in [2.75, 3.05) is 20.2 Å². The maximum absolute atomic E-state index is 12.3. The number of carbonyl (C=O) groups excluding carboxylic acids is 2. The zero-order chi connectivity index (χ0) is 16.8. The van der Waals surface area contributed by atoms with Crippen LogP contribution in [0, 0.1) is 0 Å². The lowest BCUT2D eigenvalue weighted by Gasteiger charge is -2.23. The van der Waals surface area contributed by atoms with E-state index < -0.39 is 0 Å². The lowest BCUT2D eigenvalue weighted by Crippen LogP contribution is -2.46. The molecule has 5 heteroatoms. The molecule has 0 aliphatic rings. The fourth-order valence-corrected chi connectivity index (χ4v) is 1.88. The van der Waals surface area contributed by atoms with Gasteiger partial charge in [-0.25, -0.2) is 0 Å². The number of amides is 2. The van der Waals surface area contributed by atoms with Crippen molar-refractivity contribution in [1.82, 2.24) is 10.2 Å². The molecule has 122 valence electrons. The van der Waals surface area contributed by atoms with E-state index in [0.717, 1.165) is 12.2 Å². The number of nitrogens with zero attached hydrogens (tertiary/aromatic N) is 1. The van der Waals surface area contributed by atoms with Gasteiger partial charge in [-0.05, 0) is 51.5 Å². The lowest BCUT2D eigenvalue weighted by molar-refractivity contribution is -0.122. The Morgan fingerprint density at radius 3 is 2.27 bits per heavy atom. The van der Waals surface area contributed by atoms with E-state index in [1.54, 1.807) is 31.3 Å². The van der Waals surface area contributed by atoms with Gasteiger partial charge in [-0.1, -0.05) is 6.92 Å². The van der Waals surface area contributed by atoms with Crippen LogP contribution in [0.5, 0.6) is 5.75 Å². The Kier molecular flexibility index (Phi) is 6.40. The molecular weight excluding hydrogens is 280 g/mol. The van der Waals surface area contributed by atoms with Gasteiger partial charge in [0.15, 0.2) is 0 Å². The summed E-state index contributed by atoms with van der Waals surface area (Å²) in [4.78, 5) is 25.5. The Morgan fingerprint density at radius 1 is 1.18 bits per heavy atom. The molecule has 22 heavy (non-hydrogen) atoms. The summed E-state index contributed by atoms with van der Waals surface area (Å²) in [6.07, 6.45) is 0.937. The first kappa shape index (κ1) is 18.0. The average Bonchev–Trinajstić information content (AvgIpc) is 2.42. The molecule has 0 fully saturated rings. The lowest BCUT2D eigenvalue weighted by atomic mass is 10.1. The molecule has 0 radical (unpaired) electrons. The predicted molar refractivity (Wildman–Crippen MR) is 87.1 cm³/mol. The van der Waals surface area contributed by atoms with Gasteiger partial charge in [-0.2, -0.15) is 0 Å². The molecule has 1 aromatic rings. The van der Waals surface area contributed by atoms with Crippen LogP contribution < -0.4 is 10.1 Å². The summed E-state index contributed by atoms with van der Waals surface area (Å²) in [5.74, 6) is 0.379. The van der Waals surface area contributed by atoms with Crippen LogP contribution in [-0.4, -0.2) is 42.5 Å². The SMILES string of the molecule is CCCOc1ccc(C(=O)N(C)CC(=O)NC(C)(C)C)cc1. The first-order valence-electron chi connectivity index (χ1n) is 7.52. The smallest absolute Gasteiger partial charge is 0.254 e. The van der Waals surface area contributed by atoms with Crippen LogP contribution in [0.25, 0.3) is 0 Å². The minimum absolute atomic E-state index is 0.0319. The van der Waals surface area contributed by atoms with Crippen molar-refractivity contribution in [1.29, 1.82) is 0 Å². The standard InChI is InChI=1S/C17H26N2O3/c1-6-11-22-14-9-7-13(8-10-14)16(21)19(5)12-15(20)18-17(2,3)4/h7-10H,6,11-12H2,1-5H3,(H,18,20). The van der Waals surface area contributed by atoms with Gasteiger partial charge in [0.2, 0.25) is 5.91 Å². The molecule has 0 heterocycles. The van der Waals surface area contributed by atoms with Crippen LogP contribution in [0.4, 0.5) is 0 Å². The van der Waals surface area contributed by atoms with Crippen molar-refractivity contribution in [3.63, 3.8) is 0 Å². The van der Waals surface area contributed by atoms with E-state index >= 15 is 0 Å². The van der Waals surface area contributed by atoms with Crippen LogP contribution in [-0.2, 0) is 4.79 Å². The molecule has 0 saturated carbocycles.